The molecule has 0 atom stereocenters. The Balaban J connectivity index is 0.000000461. The Morgan fingerprint density at radius 3 is 2.07 bits per heavy atom. The van der Waals surface area contributed by atoms with Gasteiger partial charge in [-0.2, -0.15) is 0 Å². The zero-order valence-corrected chi connectivity index (χ0v) is 9.02. The van der Waals surface area contributed by atoms with Crippen molar-refractivity contribution >= 4 is 0 Å². The third-order valence-corrected chi connectivity index (χ3v) is 2.69. The largest absolute Gasteiger partial charge is 0.317 e. The Bertz CT molecular complexity index is 160. The zero-order chi connectivity index (χ0) is 10.6. The van der Waals surface area contributed by atoms with Gasteiger partial charge in [-0.25, -0.2) is 8.78 Å². The quantitative estimate of drug-likeness (QED) is 0.702. The van der Waals surface area contributed by atoms with Gasteiger partial charge in [0.05, 0.1) is 13.1 Å². The third-order valence-electron chi connectivity index (χ3n) is 2.69. The van der Waals surface area contributed by atoms with Gasteiger partial charge in [-0.1, -0.05) is 13.8 Å². The first-order valence-corrected chi connectivity index (χ1v) is 5.50. The monoisotopic (exact) mass is 206 g/mol. The summed E-state index contributed by atoms with van der Waals surface area (Å²) in [6.45, 7) is 5.93. The molecule has 0 spiro atoms. The first-order chi connectivity index (χ1) is 6.67. The van der Waals surface area contributed by atoms with E-state index in [0.29, 0.717) is 6.04 Å². The van der Waals surface area contributed by atoms with Gasteiger partial charge in [0.1, 0.15) is 0 Å². The van der Waals surface area contributed by atoms with Crippen LogP contribution >= 0.6 is 0 Å². The minimum absolute atomic E-state index is 0.0162. The summed E-state index contributed by atoms with van der Waals surface area (Å²) >= 11 is 0. The van der Waals surface area contributed by atoms with Crippen molar-refractivity contribution in [3.63, 3.8) is 0 Å². The Labute approximate surface area is 84.7 Å². The molecule has 2 aliphatic heterocycles. The maximum absolute atomic E-state index is 12.5. The number of hydrogen-bond acceptors (Lipinski definition) is 2. The van der Waals surface area contributed by atoms with Crippen molar-refractivity contribution in [1.29, 1.82) is 0 Å². The highest BCUT2D eigenvalue weighted by Crippen LogP contribution is 2.30. The first-order valence-electron chi connectivity index (χ1n) is 5.50. The molecule has 4 heteroatoms. The second-order valence-corrected chi connectivity index (χ2v) is 3.74. The summed E-state index contributed by atoms with van der Waals surface area (Å²) in [6, 6.07) is 0.408. The lowest BCUT2D eigenvalue weighted by molar-refractivity contribution is -0.148. The lowest BCUT2D eigenvalue weighted by atomic mass is 9.99. The Hall–Kier alpha value is -0.220. The van der Waals surface area contributed by atoms with Crippen molar-refractivity contribution in [2.75, 3.05) is 26.2 Å². The Morgan fingerprint density at radius 1 is 1.14 bits per heavy atom. The van der Waals surface area contributed by atoms with Crippen LogP contribution in [0.25, 0.3) is 0 Å². The molecule has 84 valence electrons. The van der Waals surface area contributed by atoms with Gasteiger partial charge in [0, 0.05) is 6.04 Å². The lowest BCUT2D eigenvalue weighted by Crippen LogP contribution is -2.61. The molecule has 0 amide bonds. The minimum atomic E-state index is -2.40. The van der Waals surface area contributed by atoms with E-state index in [9.17, 15) is 8.78 Å². The molecule has 0 unspecified atom stereocenters. The average molecular weight is 206 g/mol. The van der Waals surface area contributed by atoms with E-state index in [1.807, 2.05) is 18.7 Å². The highest BCUT2D eigenvalue weighted by atomic mass is 19.3. The molecule has 0 bridgehead atoms. The fourth-order valence-electron chi connectivity index (χ4n) is 1.98. The molecule has 2 nitrogen and oxygen atoms in total. The number of halogens is 2. The smallest absolute Gasteiger partial charge is 0.272 e. The topological polar surface area (TPSA) is 15.3 Å². The van der Waals surface area contributed by atoms with E-state index in [0.717, 1.165) is 25.9 Å². The highest BCUT2D eigenvalue weighted by molar-refractivity contribution is 4.92. The van der Waals surface area contributed by atoms with E-state index >= 15 is 0 Å². The fraction of sp³-hybridized carbons (Fsp3) is 1.00. The molecule has 1 N–H and O–H groups in total. The fourth-order valence-corrected chi connectivity index (χ4v) is 1.98. The molecular weight excluding hydrogens is 186 g/mol. The van der Waals surface area contributed by atoms with E-state index in [4.69, 9.17) is 0 Å². The molecular formula is C10H20F2N2. The van der Waals surface area contributed by atoms with Crippen LogP contribution in [0.4, 0.5) is 8.78 Å². The molecule has 0 saturated carbocycles. The summed E-state index contributed by atoms with van der Waals surface area (Å²) in [5.41, 5.74) is 0. The van der Waals surface area contributed by atoms with Gasteiger partial charge in [0.15, 0.2) is 0 Å². The number of piperidine rings is 1. The number of nitrogens with one attached hydrogen (secondary N) is 1. The van der Waals surface area contributed by atoms with Crippen LogP contribution in [0.15, 0.2) is 0 Å². The van der Waals surface area contributed by atoms with Crippen LogP contribution in [-0.4, -0.2) is 43.0 Å². The third kappa shape index (κ3) is 2.89. The van der Waals surface area contributed by atoms with E-state index in [2.05, 4.69) is 5.32 Å². The zero-order valence-electron chi connectivity index (χ0n) is 9.02. The van der Waals surface area contributed by atoms with Gasteiger partial charge in [-0.05, 0) is 25.9 Å². The van der Waals surface area contributed by atoms with Gasteiger partial charge in [-0.3, -0.25) is 4.90 Å². The molecule has 14 heavy (non-hydrogen) atoms. The lowest BCUT2D eigenvalue weighted by Gasteiger charge is -2.45. The summed E-state index contributed by atoms with van der Waals surface area (Å²) in [4.78, 5) is 1.90. The number of likely N-dealkylation sites (tertiary alicyclic amines) is 1. The number of hydrogen-bond donors (Lipinski definition) is 1. The molecule has 2 heterocycles. The van der Waals surface area contributed by atoms with Gasteiger partial charge < -0.3 is 5.32 Å². The van der Waals surface area contributed by atoms with Crippen molar-refractivity contribution in [3.05, 3.63) is 0 Å². The van der Waals surface area contributed by atoms with Crippen LogP contribution in [0.3, 0.4) is 0 Å². The highest BCUT2D eigenvalue weighted by Gasteiger charge is 2.46. The molecule has 2 fully saturated rings. The maximum atomic E-state index is 12.5. The second-order valence-electron chi connectivity index (χ2n) is 3.74. The van der Waals surface area contributed by atoms with E-state index < -0.39 is 5.92 Å². The van der Waals surface area contributed by atoms with Crippen LogP contribution < -0.4 is 5.32 Å². The van der Waals surface area contributed by atoms with E-state index in [-0.39, 0.29) is 13.1 Å². The molecule has 0 radical (unpaired) electrons. The van der Waals surface area contributed by atoms with Crippen LogP contribution in [0, 0.1) is 0 Å². The van der Waals surface area contributed by atoms with Crippen LogP contribution in [0.2, 0.25) is 0 Å². The molecule has 2 aliphatic rings. The van der Waals surface area contributed by atoms with Crippen LogP contribution in [0.5, 0.6) is 0 Å². The summed E-state index contributed by atoms with van der Waals surface area (Å²) in [7, 11) is 0. The predicted octanol–water partition coefficient (Wildman–Crippen LogP) is 1.72. The van der Waals surface area contributed by atoms with Gasteiger partial charge in [0.2, 0.25) is 0 Å². The predicted molar refractivity (Wildman–Crippen MR) is 53.8 cm³/mol. The van der Waals surface area contributed by atoms with Crippen molar-refractivity contribution in [2.45, 2.75) is 38.7 Å². The van der Waals surface area contributed by atoms with Crippen molar-refractivity contribution in [3.8, 4) is 0 Å². The van der Waals surface area contributed by atoms with Crippen molar-refractivity contribution < 1.29 is 8.78 Å². The van der Waals surface area contributed by atoms with Gasteiger partial charge >= 0.3 is 0 Å². The second kappa shape index (κ2) is 5.03. The van der Waals surface area contributed by atoms with Crippen molar-refractivity contribution in [1.82, 2.24) is 10.2 Å². The SMILES string of the molecule is CC.FC1(F)CN(C2CCNCC2)C1. The standard InChI is InChI=1S/C8H14F2N2.C2H6/c9-8(10)5-12(6-8)7-1-3-11-4-2-7;1-2/h7,11H,1-6H2;1-2H3. The Kier molecular flexibility index (Phi) is 4.26. The average Bonchev–Trinajstić information content (AvgIpc) is 2.19. The van der Waals surface area contributed by atoms with Crippen molar-refractivity contribution in [2.24, 2.45) is 0 Å². The maximum Gasteiger partial charge on any atom is 0.272 e. The minimum Gasteiger partial charge on any atom is -0.317 e. The number of rotatable bonds is 1. The summed E-state index contributed by atoms with van der Waals surface area (Å²) in [6.07, 6.45) is 2.05. The molecule has 0 aliphatic carbocycles. The molecule has 0 aromatic heterocycles. The number of alkyl halides is 2. The number of nitrogens with zero attached hydrogens (tertiary/aromatic N) is 1. The first kappa shape index (κ1) is 11.9. The molecule has 2 rings (SSSR count). The van der Waals surface area contributed by atoms with Crippen LogP contribution in [-0.2, 0) is 0 Å². The van der Waals surface area contributed by atoms with E-state index in [1.165, 1.54) is 0 Å². The Morgan fingerprint density at radius 2 is 1.64 bits per heavy atom. The molecule has 0 aromatic carbocycles. The normalized spacial score (nSPS) is 27.4. The van der Waals surface area contributed by atoms with E-state index in [1.54, 1.807) is 0 Å². The van der Waals surface area contributed by atoms with Crippen LogP contribution in [0.1, 0.15) is 26.7 Å². The summed E-state index contributed by atoms with van der Waals surface area (Å²) in [5, 5.41) is 3.22. The summed E-state index contributed by atoms with van der Waals surface area (Å²) < 4.78 is 25.0. The van der Waals surface area contributed by atoms with Gasteiger partial charge in [0.25, 0.3) is 5.92 Å². The molecule has 2 saturated heterocycles. The van der Waals surface area contributed by atoms with Gasteiger partial charge in [-0.15, -0.1) is 0 Å². The molecule has 0 aromatic rings. The summed E-state index contributed by atoms with van der Waals surface area (Å²) in [5.74, 6) is -2.40.